The van der Waals surface area contributed by atoms with Crippen molar-refractivity contribution in [2.24, 2.45) is 5.92 Å². The van der Waals surface area contributed by atoms with Gasteiger partial charge in [0.1, 0.15) is 0 Å². The zero-order chi connectivity index (χ0) is 10.6. The third-order valence-electron chi connectivity index (χ3n) is 3.30. The first-order valence-corrected chi connectivity index (χ1v) is 5.64. The van der Waals surface area contributed by atoms with Gasteiger partial charge >= 0.3 is 0 Å². The number of rotatable bonds is 4. The van der Waals surface area contributed by atoms with Crippen LogP contribution >= 0.6 is 0 Å². The van der Waals surface area contributed by atoms with Crippen molar-refractivity contribution in [3.8, 4) is 0 Å². The summed E-state index contributed by atoms with van der Waals surface area (Å²) in [6, 6.07) is 0.441. The summed E-state index contributed by atoms with van der Waals surface area (Å²) < 4.78 is 25.8. The van der Waals surface area contributed by atoms with Crippen LogP contribution in [0.25, 0.3) is 0 Å². The number of hydrogen-bond acceptors (Lipinski definition) is 1. The minimum absolute atomic E-state index is 0.0829. The number of alkyl halides is 2. The Morgan fingerprint density at radius 3 is 2.36 bits per heavy atom. The molecule has 14 heavy (non-hydrogen) atoms. The smallest absolute Gasteiger partial charge is 0.248 e. The molecule has 0 aromatic heterocycles. The second-order valence-electron chi connectivity index (χ2n) is 4.38. The van der Waals surface area contributed by atoms with Gasteiger partial charge in [-0.15, -0.1) is 0 Å². The van der Waals surface area contributed by atoms with Gasteiger partial charge in [0.05, 0.1) is 0 Å². The monoisotopic (exact) mass is 205 g/mol. The van der Waals surface area contributed by atoms with Gasteiger partial charge in [-0.1, -0.05) is 13.3 Å². The maximum Gasteiger partial charge on any atom is 0.248 e. The van der Waals surface area contributed by atoms with Crippen LogP contribution in [0.3, 0.4) is 0 Å². The van der Waals surface area contributed by atoms with Crippen LogP contribution in [0.2, 0.25) is 0 Å². The Morgan fingerprint density at radius 1 is 1.36 bits per heavy atom. The molecule has 1 atom stereocenters. The predicted molar refractivity (Wildman–Crippen MR) is 54.7 cm³/mol. The van der Waals surface area contributed by atoms with Gasteiger partial charge in [0, 0.05) is 18.9 Å². The summed E-state index contributed by atoms with van der Waals surface area (Å²) in [4.78, 5) is 0. The molecule has 1 rings (SSSR count). The van der Waals surface area contributed by atoms with Crippen molar-refractivity contribution in [3.05, 3.63) is 0 Å². The largest absolute Gasteiger partial charge is 0.317 e. The minimum atomic E-state index is -2.39. The molecule has 1 unspecified atom stereocenters. The molecule has 3 heteroatoms. The van der Waals surface area contributed by atoms with E-state index in [1.807, 2.05) is 7.05 Å². The lowest BCUT2D eigenvalue weighted by atomic mass is 9.81. The fourth-order valence-corrected chi connectivity index (χ4v) is 2.39. The molecule has 0 aliphatic heterocycles. The van der Waals surface area contributed by atoms with E-state index in [0.29, 0.717) is 24.8 Å². The highest BCUT2D eigenvalue weighted by molar-refractivity contribution is 4.83. The van der Waals surface area contributed by atoms with Crippen molar-refractivity contribution in [1.29, 1.82) is 0 Å². The highest BCUT2D eigenvalue weighted by Gasteiger charge is 2.36. The number of nitrogens with one attached hydrogen (secondary N) is 1. The van der Waals surface area contributed by atoms with E-state index in [0.717, 1.165) is 12.8 Å². The summed E-state index contributed by atoms with van der Waals surface area (Å²) in [5.74, 6) is -1.93. The number of hydrogen-bond donors (Lipinski definition) is 1. The topological polar surface area (TPSA) is 12.0 Å². The van der Waals surface area contributed by atoms with Gasteiger partial charge in [-0.2, -0.15) is 0 Å². The normalized spacial score (nSPS) is 24.9. The van der Waals surface area contributed by atoms with Crippen LogP contribution in [-0.2, 0) is 0 Å². The van der Waals surface area contributed by atoms with Crippen LogP contribution in [0.5, 0.6) is 0 Å². The molecule has 0 amide bonds. The van der Waals surface area contributed by atoms with E-state index in [-0.39, 0.29) is 12.8 Å². The first kappa shape index (κ1) is 11.9. The summed E-state index contributed by atoms with van der Waals surface area (Å²) in [7, 11) is 1.94. The van der Waals surface area contributed by atoms with Crippen molar-refractivity contribution in [3.63, 3.8) is 0 Å². The van der Waals surface area contributed by atoms with Crippen LogP contribution < -0.4 is 5.32 Å². The van der Waals surface area contributed by atoms with Crippen LogP contribution in [0.1, 0.15) is 45.4 Å². The molecular formula is C11H21F2N. The highest BCUT2D eigenvalue weighted by Crippen LogP contribution is 2.38. The van der Waals surface area contributed by atoms with Gasteiger partial charge in [-0.25, -0.2) is 8.78 Å². The molecule has 0 heterocycles. The quantitative estimate of drug-likeness (QED) is 0.743. The van der Waals surface area contributed by atoms with Crippen LogP contribution in [0, 0.1) is 5.92 Å². The molecule has 1 saturated carbocycles. The fourth-order valence-electron chi connectivity index (χ4n) is 2.39. The molecule has 1 fully saturated rings. The van der Waals surface area contributed by atoms with E-state index in [4.69, 9.17) is 0 Å². The second kappa shape index (κ2) is 5.06. The van der Waals surface area contributed by atoms with E-state index in [1.54, 1.807) is 0 Å². The molecule has 0 aromatic rings. The van der Waals surface area contributed by atoms with E-state index >= 15 is 0 Å². The fraction of sp³-hybridized carbons (Fsp3) is 1.00. The molecule has 84 valence electrons. The lowest BCUT2D eigenvalue weighted by molar-refractivity contribution is -0.0496. The van der Waals surface area contributed by atoms with Gasteiger partial charge in [0.15, 0.2) is 0 Å². The van der Waals surface area contributed by atoms with Gasteiger partial charge in [0.25, 0.3) is 0 Å². The van der Waals surface area contributed by atoms with E-state index in [2.05, 4.69) is 12.2 Å². The molecule has 0 aromatic carbocycles. The molecule has 0 bridgehead atoms. The van der Waals surface area contributed by atoms with Crippen molar-refractivity contribution < 1.29 is 8.78 Å². The Balaban J connectivity index is 2.39. The van der Waals surface area contributed by atoms with Crippen molar-refractivity contribution in [2.75, 3.05) is 7.05 Å². The zero-order valence-corrected chi connectivity index (χ0v) is 9.15. The average molecular weight is 205 g/mol. The summed E-state index contributed by atoms with van der Waals surface area (Å²) in [6.45, 7) is 2.14. The third-order valence-corrected chi connectivity index (χ3v) is 3.30. The lowest BCUT2D eigenvalue weighted by Gasteiger charge is -2.33. The lowest BCUT2D eigenvalue weighted by Crippen LogP contribution is -2.38. The van der Waals surface area contributed by atoms with Crippen molar-refractivity contribution >= 4 is 0 Å². The molecule has 0 spiro atoms. The summed E-state index contributed by atoms with van der Waals surface area (Å²) in [6.07, 6.45) is 3.75. The third kappa shape index (κ3) is 3.19. The molecular weight excluding hydrogens is 184 g/mol. The van der Waals surface area contributed by atoms with Gasteiger partial charge in [-0.05, 0) is 32.2 Å². The zero-order valence-electron chi connectivity index (χ0n) is 9.15. The molecule has 0 radical (unpaired) electrons. The molecule has 1 N–H and O–H groups in total. The number of halogens is 2. The molecule has 1 nitrogen and oxygen atoms in total. The van der Waals surface area contributed by atoms with Crippen LogP contribution in [0.15, 0.2) is 0 Å². The summed E-state index contributed by atoms with van der Waals surface area (Å²) >= 11 is 0. The van der Waals surface area contributed by atoms with E-state index in [1.165, 1.54) is 0 Å². The Labute approximate surface area is 85.3 Å². The predicted octanol–water partition coefficient (Wildman–Crippen LogP) is 3.20. The summed E-state index contributed by atoms with van der Waals surface area (Å²) in [5, 5.41) is 3.26. The highest BCUT2D eigenvalue weighted by atomic mass is 19.3. The first-order chi connectivity index (χ1) is 6.59. The van der Waals surface area contributed by atoms with Crippen molar-refractivity contribution in [2.45, 2.75) is 57.4 Å². The Kier molecular flexibility index (Phi) is 4.30. The Hall–Kier alpha value is -0.180. The maximum absolute atomic E-state index is 12.9. The molecule has 0 saturated heterocycles. The molecule has 1 aliphatic carbocycles. The minimum Gasteiger partial charge on any atom is -0.317 e. The summed E-state index contributed by atoms with van der Waals surface area (Å²) in [5.41, 5.74) is 0. The maximum atomic E-state index is 12.9. The van der Waals surface area contributed by atoms with E-state index < -0.39 is 5.92 Å². The SMILES string of the molecule is CCCC(NC)C1CCC(F)(F)CC1. The Bertz CT molecular complexity index is 161. The van der Waals surface area contributed by atoms with Crippen LogP contribution in [0.4, 0.5) is 8.78 Å². The first-order valence-electron chi connectivity index (χ1n) is 5.64. The van der Waals surface area contributed by atoms with Gasteiger partial charge in [-0.3, -0.25) is 0 Å². The standard InChI is InChI=1S/C11H21F2N/c1-3-4-10(14-2)9-5-7-11(12,13)8-6-9/h9-10,14H,3-8H2,1-2H3. The van der Waals surface area contributed by atoms with Gasteiger partial charge in [0.2, 0.25) is 5.92 Å². The molecule has 1 aliphatic rings. The second-order valence-corrected chi connectivity index (χ2v) is 4.38. The van der Waals surface area contributed by atoms with Crippen molar-refractivity contribution in [1.82, 2.24) is 5.32 Å². The van der Waals surface area contributed by atoms with Crippen LogP contribution in [-0.4, -0.2) is 19.0 Å². The van der Waals surface area contributed by atoms with Gasteiger partial charge < -0.3 is 5.32 Å². The average Bonchev–Trinajstić information content (AvgIpc) is 2.15. The Morgan fingerprint density at radius 2 is 1.93 bits per heavy atom. The van der Waals surface area contributed by atoms with E-state index in [9.17, 15) is 8.78 Å².